The van der Waals surface area contributed by atoms with E-state index in [2.05, 4.69) is 10.4 Å². The lowest BCUT2D eigenvalue weighted by Crippen LogP contribution is -1.99. The Morgan fingerprint density at radius 2 is 2.05 bits per heavy atom. The Bertz CT molecular complexity index is 722. The summed E-state index contributed by atoms with van der Waals surface area (Å²) >= 11 is 12.1. The van der Waals surface area contributed by atoms with E-state index >= 15 is 0 Å². The number of nitrogens with zero attached hydrogens (tertiary/aromatic N) is 2. The molecule has 3 aromatic rings. The van der Waals surface area contributed by atoms with Gasteiger partial charge in [0.2, 0.25) is 0 Å². The fourth-order valence-electron chi connectivity index (χ4n) is 1.95. The molecule has 0 aliphatic carbocycles. The number of fused-ring (bicyclic) bond motifs is 1. The molecule has 0 saturated heterocycles. The van der Waals surface area contributed by atoms with Gasteiger partial charge in [-0.25, -0.2) is 4.52 Å². The SMILES string of the molecule is Clc1ccc(Cl)c(NCc2cnn3ccccc23)c1. The van der Waals surface area contributed by atoms with E-state index in [1.54, 1.807) is 12.1 Å². The highest BCUT2D eigenvalue weighted by Crippen LogP contribution is 2.26. The predicted molar refractivity (Wildman–Crippen MR) is 79.0 cm³/mol. The summed E-state index contributed by atoms with van der Waals surface area (Å²) in [7, 11) is 0. The number of hydrogen-bond donors (Lipinski definition) is 1. The minimum absolute atomic E-state index is 0.646. The molecule has 0 amide bonds. The molecule has 0 aliphatic heterocycles. The second-order valence-corrected chi connectivity index (χ2v) is 5.02. The van der Waals surface area contributed by atoms with Crippen LogP contribution in [-0.2, 0) is 6.54 Å². The Hall–Kier alpha value is -1.71. The molecule has 1 N–H and O–H groups in total. The van der Waals surface area contributed by atoms with Crippen LogP contribution in [0, 0.1) is 0 Å². The zero-order valence-corrected chi connectivity index (χ0v) is 11.5. The predicted octanol–water partition coefficient (Wildman–Crippen LogP) is 4.25. The maximum absolute atomic E-state index is 6.11. The summed E-state index contributed by atoms with van der Waals surface area (Å²) in [6, 6.07) is 11.3. The van der Waals surface area contributed by atoms with Crippen LogP contribution >= 0.6 is 23.2 Å². The van der Waals surface area contributed by atoms with E-state index in [0.717, 1.165) is 16.8 Å². The van der Waals surface area contributed by atoms with Gasteiger partial charge in [-0.3, -0.25) is 0 Å². The van der Waals surface area contributed by atoms with Crippen LogP contribution in [0.4, 0.5) is 5.69 Å². The molecular formula is C14H11Cl2N3. The average Bonchev–Trinajstić information content (AvgIpc) is 2.83. The maximum atomic E-state index is 6.11. The fraction of sp³-hybridized carbons (Fsp3) is 0.0714. The summed E-state index contributed by atoms with van der Waals surface area (Å²) < 4.78 is 1.84. The van der Waals surface area contributed by atoms with Gasteiger partial charge >= 0.3 is 0 Å². The quantitative estimate of drug-likeness (QED) is 0.781. The summed E-state index contributed by atoms with van der Waals surface area (Å²) in [5, 5.41) is 8.88. The molecule has 3 nitrogen and oxygen atoms in total. The van der Waals surface area contributed by atoms with E-state index in [0.29, 0.717) is 16.6 Å². The first kappa shape index (κ1) is 12.3. The van der Waals surface area contributed by atoms with Crippen molar-refractivity contribution in [2.75, 3.05) is 5.32 Å². The van der Waals surface area contributed by atoms with Gasteiger partial charge in [0.25, 0.3) is 0 Å². The molecule has 0 fully saturated rings. The highest BCUT2D eigenvalue weighted by molar-refractivity contribution is 6.35. The van der Waals surface area contributed by atoms with Crippen molar-refractivity contribution < 1.29 is 0 Å². The summed E-state index contributed by atoms with van der Waals surface area (Å²) in [6.07, 6.45) is 3.77. The molecule has 0 atom stereocenters. The van der Waals surface area contributed by atoms with Gasteiger partial charge in [0, 0.05) is 23.3 Å². The van der Waals surface area contributed by atoms with E-state index in [-0.39, 0.29) is 0 Å². The van der Waals surface area contributed by atoms with Crippen LogP contribution in [0.2, 0.25) is 10.0 Å². The van der Waals surface area contributed by atoms with Crippen molar-refractivity contribution in [2.45, 2.75) is 6.54 Å². The van der Waals surface area contributed by atoms with Crippen molar-refractivity contribution in [2.24, 2.45) is 0 Å². The van der Waals surface area contributed by atoms with Crippen LogP contribution in [0.1, 0.15) is 5.56 Å². The molecule has 0 bridgehead atoms. The molecule has 2 heterocycles. The Morgan fingerprint density at radius 1 is 1.16 bits per heavy atom. The first-order valence-electron chi connectivity index (χ1n) is 5.84. The molecule has 19 heavy (non-hydrogen) atoms. The molecule has 5 heteroatoms. The molecule has 96 valence electrons. The number of aromatic nitrogens is 2. The van der Waals surface area contributed by atoms with E-state index in [9.17, 15) is 0 Å². The highest BCUT2D eigenvalue weighted by atomic mass is 35.5. The minimum Gasteiger partial charge on any atom is -0.380 e. The van der Waals surface area contributed by atoms with Crippen molar-refractivity contribution >= 4 is 34.4 Å². The molecule has 0 unspecified atom stereocenters. The van der Waals surface area contributed by atoms with Gasteiger partial charge in [0.05, 0.1) is 22.4 Å². The largest absolute Gasteiger partial charge is 0.380 e. The molecule has 0 spiro atoms. The van der Waals surface area contributed by atoms with Crippen LogP contribution in [-0.4, -0.2) is 9.61 Å². The van der Waals surface area contributed by atoms with Gasteiger partial charge in [-0.1, -0.05) is 29.3 Å². The lowest BCUT2D eigenvalue weighted by molar-refractivity contribution is 0.961. The Morgan fingerprint density at radius 3 is 2.95 bits per heavy atom. The van der Waals surface area contributed by atoms with Gasteiger partial charge in [-0.15, -0.1) is 0 Å². The number of rotatable bonds is 3. The van der Waals surface area contributed by atoms with E-state index in [4.69, 9.17) is 23.2 Å². The summed E-state index contributed by atoms with van der Waals surface area (Å²) in [5.74, 6) is 0. The Labute approximate surface area is 120 Å². The minimum atomic E-state index is 0.646. The van der Waals surface area contributed by atoms with E-state index < -0.39 is 0 Å². The van der Waals surface area contributed by atoms with Crippen LogP contribution in [0.15, 0.2) is 48.8 Å². The first-order chi connectivity index (χ1) is 9.24. The second-order valence-electron chi connectivity index (χ2n) is 4.18. The standard InChI is InChI=1S/C14H11Cl2N3/c15-11-4-5-12(16)13(7-11)17-8-10-9-18-19-6-2-1-3-14(10)19/h1-7,9,17H,8H2. The third-order valence-corrected chi connectivity index (χ3v) is 3.47. The molecule has 1 aromatic carbocycles. The normalized spacial score (nSPS) is 10.8. The van der Waals surface area contributed by atoms with Crippen LogP contribution in [0.5, 0.6) is 0 Å². The smallest absolute Gasteiger partial charge is 0.0711 e. The van der Waals surface area contributed by atoms with Gasteiger partial charge in [-0.05, 0) is 30.3 Å². The number of hydrogen-bond acceptors (Lipinski definition) is 2. The number of benzene rings is 1. The zero-order valence-electron chi connectivity index (χ0n) is 9.98. The third kappa shape index (κ3) is 2.53. The number of pyridine rings is 1. The summed E-state index contributed by atoms with van der Waals surface area (Å²) in [5.41, 5.74) is 3.01. The lowest BCUT2D eigenvalue weighted by atomic mass is 10.2. The topological polar surface area (TPSA) is 29.3 Å². The summed E-state index contributed by atoms with van der Waals surface area (Å²) in [4.78, 5) is 0. The summed E-state index contributed by atoms with van der Waals surface area (Å²) in [6.45, 7) is 0.646. The molecule has 2 aromatic heterocycles. The van der Waals surface area contributed by atoms with Crippen LogP contribution < -0.4 is 5.32 Å². The molecular weight excluding hydrogens is 281 g/mol. The van der Waals surface area contributed by atoms with Gasteiger partial charge in [0.15, 0.2) is 0 Å². The highest BCUT2D eigenvalue weighted by Gasteiger charge is 2.05. The third-order valence-electron chi connectivity index (χ3n) is 2.90. The van der Waals surface area contributed by atoms with Crippen molar-refractivity contribution in [3.63, 3.8) is 0 Å². The number of nitrogens with one attached hydrogen (secondary N) is 1. The molecule has 0 aliphatic rings. The van der Waals surface area contributed by atoms with Crippen LogP contribution in [0.25, 0.3) is 5.52 Å². The van der Waals surface area contributed by atoms with Gasteiger partial charge < -0.3 is 5.32 Å². The van der Waals surface area contributed by atoms with Crippen molar-refractivity contribution in [3.8, 4) is 0 Å². The number of anilines is 1. The Balaban J connectivity index is 1.84. The Kier molecular flexibility index (Phi) is 3.32. The lowest BCUT2D eigenvalue weighted by Gasteiger charge is -2.08. The van der Waals surface area contributed by atoms with Crippen molar-refractivity contribution in [3.05, 3.63) is 64.4 Å². The first-order valence-corrected chi connectivity index (χ1v) is 6.60. The fourth-order valence-corrected chi connectivity index (χ4v) is 2.30. The van der Waals surface area contributed by atoms with E-state index in [1.165, 1.54) is 0 Å². The van der Waals surface area contributed by atoms with Crippen molar-refractivity contribution in [1.82, 2.24) is 9.61 Å². The van der Waals surface area contributed by atoms with Crippen molar-refractivity contribution in [1.29, 1.82) is 0 Å². The second kappa shape index (κ2) is 5.11. The molecule has 3 rings (SSSR count). The van der Waals surface area contributed by atoms with Gasteiger partial charge in [-0.2, -0.15) is 5.10 Å². The van der Waals surface area contributed by atoms with E-state index in [1.807, 2.05) is 41.2 Å². The van der Waals surface area contributed by atoms with Crippen LogP contribution in [0.3, 0.4) is 0 Å². The monoisotopic (exact) mass is 291 g/mol. The zero-order chi connectivity index (χ0) is 13.2. The average molecular weight is 292 g/mol. The number of halogens is 2. The molecule has 0 radical (unpaired) electrons. The maximum Gasteiger partial charge on any atom is 0.0711 e. The molecule has 0 saturated carbocycles. The van der Waals surface area contributed by atoms with Gasteiger partial charge in [0.1, 0.15) is 0 Å².